The fraction of sp³-hybridized carbons (Fsp3) is 0.188. The number of rotatable bonds is 5. The molecule has 0 unspecified atom stereocenters. The van der Waals surface area contributed by atoms with Gasteiger partial charge in [-0.25, -0.2) is 4.39 Å². The van der Waals surface area contributed by atoms with Crippen LogP contribution in [0.3, 0.4) is 0 Å². The summed E-state index contributed by atoms with van der Waals surface area (Å²) in [5.74, 6) is -1.90. The average molecular weight is 333 g/mol. The first kappa shape index (κ1) is 17.4. The van der Waals surface area contributed by atoms with E-state index in [1.54, 1.807) is 13.0 Å². The van der Waals surface area contributed by atoms with Crippen molar-refractivity contribution in [1.29, 1.82) is 0 Å². The van der Waals surface area contributed by atoms with Gasteiger partial charge in [0, 0.05) is 11.3 Å². The molecule has 7 nitrogen and oxygen atoms in total. The Morgan fingerprint density at radius 2 is 1.88 bits per heavy atom. The lowest BCUT2D eigenvalue weighted by Crippen LogP contribution is -2.46. The molecule has 1 aromatic carbocycles. The zero-order valence-electron chi connectivity index (χ0n) is 12.8. The van der Waals surface area contributed by atoms with Crippen molar-refractivity contribution in [3.8, 4) is 0 Å². The normalized spacial score (nSPS) is 11.6. The second kappa shape index (κ2) is 7.51. The number of aromatic amines is 1. The minimum atomic E-state index is -1.26. The number of carbonyl (C=O) groups excluding carboxylic acids is 2. The molecule has 24 heavy (non-hydrogen) atoms. The molecule has 0 aliphatic heterocycles. The summed E-state index contributed by atoms with van der Waals surface area (Å²) in [6.45, 7) is 1.02. The lowest BCUT2D eigenvalue weighted by molar-refractivity contribution is -0.118. The number of pyridine rings is 1. The van der Waals surface area contributed by atoms with E-state index in [1.807, 2.05) is 0 Å². The van der Waals surface area contributed by atoms with Gasteiger partial charge in [0.15, 0.2) is 0 Å². The van der Waals surface area contributed by atoms with Gasteiger partial charge in [-0.1, -0.05) is 0 Å². The van der Waals surface area contributed by atoms with Crippen LogP contribution in [0.1, 0.15) is 16.1 Å². The van der Waals surface area contributed by atoms with E-state index in [-0.39, 0.29) is 11.3 Å². The zero-order chi connectivity index (χ0) is 17.7. The molecule has 8 heteroatoms. The van der Waals surface area contributed by atoms with Gasteiger partial charge in [0.05, 0.1) is 6.61 Å². The summed E-state index contributed by atoms with van der Waals surface area (Å²) in [7, 11) is 0. The zero-order valence-corrected chi connectivity index (χ0v) is 12.8. The van der Waals surface area contributed by atoms with Crippen molar-refractivity contribution in [3.05, 3.63) is 63.8 Å². The topological polar surface area (TPSA) is 111 Å². The molecule has 2 amide bonds. The number of anilines is 1. The fourth-order valence-electron chi connectivity index (χ4n) is 1.93. The number of aromatic nitrogens is 1. The van der Waals surface area contributed by atoms with Crippen molar-refractivity contribution >= 4 is 17.5 Å². The molecule has 0 aliphatic carbocycles. The van der Waals surface area contributed by atoms with Crippen LogP contribution >= 0.6 is 0 Å². The van der Waals surface area contributed by atoms with E-state index < -0.39 is 35.8 Å². The molecule has 2 aromatic rings. The van der Waals surface area contributed by atoms with E-state index in [4.69, 9.17) is 0 Å². The molecule has 1 aromatic heterocycles. The van der Waals surface area contributed by atoms with Crippen molar-refractivity contribution < 1.29 is 19.1 Å². The monoisotopic (exact) mass is 333 g/mol. The molecule has 0 saturated carbocycles. The van der Waals surface area contributed by atoms with Gasteiger partial charge in [-0.05, 0) is 43.3 Å². The van der Waals surface area contributed by atoms with Crippen molar-refractivity contribution in [2.45, 2.75) is 13.0 Å². The molecule has 1 heterocycles. The molecule has 0 saturated heterocycles. The smallest absolute Gasteiger partial charge is 0.271 e. The highest BCUT2D eigenvalue weighted by molar-refractivity contribution is 6.01. The second-order valence-corrected chi connectivity index (χ2v) is 5.09. The number of aliphatic hydroxyl groups excluding tert-OH is 1. The van der Waals surface area contributed by atoms with Crippen molar-refractivity contribution in [3.63, 3.8) is 0 Å². The summed E-state index contributed by atoms with van der Waals surface area (Å²) in [4.78, 5) is 38.3. The standard InChI is InChI=1S/C16H16FN3O4/c1-9-2-7-12(15(23)18-9)19-16(24)13(8-21)20-14(22)10-3-5-11(17)6-4-10/h2-7,13,21H,8H2,1H3,(H,18,23)(H,19,24)(H,20,22)/t13-/m0/s1. The van der Waals surface area contributed by atoms with Gasteiger partial charge in [0.25, 0.3) is 11.5 Å². The molecular formula is C16H16FN3O4. The molecule has 4 N–H and O–H groups in total. The van der Waals surface area contributed by atoms with Gasteiger partial charge in [-0.2, -0.15) is 0 Å². The quantitative estimate of drug-likeness (QED) is 0.640. The van der Waals surface area contributed by atoms with Gasteiger partial charge in [0.2, 0.25) is 5.91 Å². The van der Waals surface area contributed by atoms with Crippen LogP contribution in [0.4, 0.5) is 10.1 Å². The molecule has 2 rings (SSSR count). The Labute approximate surface area is 136 Å². The van der Waals surface area contributed by atoms with E-state index in [0.29, 0.717) is 5.69 Å². The number of amides is 2. The van der Waals surface area contributed by atoms with Crippen LogP contribution in [0.25, 0.3) is 0 Å². The summed E-state index contributed by atoms with van der Waals surface area (Å²) < 4.78 is 12.8. The average Bonchev–Trinajstić information content (AvgIpc) is 2.55. The molecule has 0 spiro atoms. The molecule has 0 radical (unpaired) electrons. The number of aliphatic hydroxyl groups is 1. The summed E-state index contributed by atoms with van der Waals surface area (Å²) in [5, 5.41) is 14.0. The van der Waals surface area contributed by atoms with Gasteiger partial charge in [0.1, 0.15) is 17.5 Å². The van der Waals surface area contributed by atoms with Gasteiger partial charge >= 0.3 is 0 Å². The molecule has 1 atom stereocenters. The molecular weight excluding hydrogens is 317 g/mol. The third kappa shape index (κ3) is 4.26. The van der Waals surface area contributed by atoms with Gasteiger partial charge < -0.3 is 20.7 Å². The maximum Gasteiger partial charge on any atom is 0.271 e. The van der Waals surface area contributed by atoms with Crippen LogP contribution in [-0.4, -0.2) is 34.6 Å². The first-order valence-electron chi connectivity index (χ1n) is 7.09. The minimum Gasteiger partial charge on any atom is -0.394 e. The molecule has 0 bridgehead atoms. The highest BCUT2D eigenvalue weighted by atomic mass is 19.1. The highest BCUT2D eigenvalue weighted by Crippen LogP contribution is 2.04. The van der Waals surface area contributed by atoms with Crippen LogP contribution in [-0.2, 0) is 4.79 Å². The maximum atomic E-state index is 12.8. The number of nitrogens with one attached hydrogen (secondary N) is 3. The van der Waals surface area contributed by atoms with E-state index in [2.05, 4.69) is 15.6 Å². The Kier molecular flexibility index (Phi) is 5.43. The Morgan fingerprint density at radius 1 is 1.21 bits per heavy atom. The Morgan fingerprint density at radius 3 is 2.46 bits per heavy atom. The fourth-order valence-corrected chi connectivity index (χ4v) is 1.93. The first-order chi connectivity index (χ1) is 11.4. The highest BCUT2D eigenvalue weighted by Gasteiger charge is 2.21. The number of hydrogen-bond acceptors (Lipinski definition) is 4. The number of carbonyl (C=O) groups is 2. The third-order valence-corrected chi connectivity index (χ3v) is 3.22. The summed E-state index contributed by atoms with van der Waals surface area (Å²) in [5.41, 5.74) is 0.266. The number of hydrogen-bond donors (Lipinski definition) is 4. The summed E-state index contributed by atoms with van der Waals surface area (Å²) in [6.07, 6.45) is 0. The Balaban J connectivity index is 2.07. The Bertz CT molecular complexity index is 802. The number of benzene rings is 1. The van der Waals surface area contributed by atoms with Crippen molar-refractivity contribution in [1.82, 2.24) is 10.3 Å². The molecule has 0 fully saturated rings. The van der Waals surface area contributed by atoms with E-state index in [1.165, 1.54) is 18.2 Å². The van der Waals surface area contributed by atoms with Crippen molar-refractivity contribution in [2.24, 2.45) is 0 Å². The summed E-state index contributed by atoms with van der Waals surface area (Å²) in [6, 6.07) is 6.47. The number of H-pyrrole nitrogens is 1. The first-order valence-corrected chi connectivity index (χ1v) is 7.09. The molecule has 0 aliphatic rings. The summed E-state index contributed by atoms with van der Waals surface area (Å²) >= 11 is 0. The van der Waals surface area contributed by atoms with Crippen LogP contribution in [0, 0.1) is 12.7 Å². The van der Waals surface area contributed by atoms with Crippen LogP contribution in [0.5, 0.6) is 0 Å². The van der Waals surface area contributed by atoms with Crippen LogP contribution in [0.15, 0.2) is 41.2 Å². The lowest BCUT2D eigenvalue weighted by Gasteiger charge is -2.16. The number of aryl methyl sites for hydroxylation is 1. The predicted octanol–water partition coefficient (Wildman–Crippen LogP) is 0.552. The van der Waals surface area contributed by atoms with E-state index >= 15 is 0 Å². The maximum absolute atomic E-state index is 12.8. The van der Waals surface area contributed by atoms with Crippen molar-refractivity contribution in [2.75, 3.05) is 11.9 Å². The lowest BCUT2D eigenvalue weighted by atomic mass is 10.2. The van der Waals surface area contributed by atoms with E-state index in [9.17, 15) is 23.9 Å². The van der Waals surface area contributed by atoms with Crippen LogP contribution in [0.2, 0.25) is 0 Å². The largest absolute Gasteiger partial charge is 0.394 e. The van der Waals surface area contributed by atoms with Crippen LogP contribution < -0.4 is 16.2 Å². The predicted molar refractivity (Wildman–Crippen MR) is 85.2 cm³/mol. The SMILES string of the molecule is Cc1ccc(NC(=O)[C@H](CO)NC(=O)c2ccc(F)cc2)c(=O)[nH]1. The van der Waals surface area contributed by atoms with E-state index in [0.717, 1.165) is 12.1 Å². The number of halogens is 1. The second-order valence-electron chi connectivity index (χ2n) is 5.09. The minimum absolute atomic E-state index is 0.0000752. The Hall–Kier alpha value is -3.00. The molecule has 126 valence electrons. The third-order valence-electron chi connectivity index (χ3n) is 3.22. The van der Waals surface area contributed by atoms with Gasteiger partial charge in [-0.3, -0.25) is 14.4 Å². The van der Waals surface area contributed by atoms with Gasteiger partial charge in [-0.15, -0.1) is 0 Å².